The maximum Gasteiger partial charge on any atom is 0.325 e. The fourth-order valence-corrected chi connectivity index (χ4v) is 3.63. The van der Waals surface area contributed by atoms with Gasteiger partial charge < -0.3 is 20.1 Å². The molecule has 0 spiro atoms. The first-order valence-corrected chi connectivity index (χ1v) is 10.2. The van der Waals surface area contributed by atoms with Crippen molar-refractivity contribution < 1.29 is 23.9 Å². The van der Waals surface area contributed by atoms with Gasteiger partial charge >= 0.3 is 6.03 Å². The van der Waals surface area contributed by atoms with Crippen molar-refractivity contribution in [2.45, 2.75) is 58.0 Å². The highest BCUT2D eigenvalue weighted by molar-refractivity contribution is 6.09. The summed E-state index contributed by atoms with van der Waals surface area (Å²) < 4.78 is 11.1. The summed E-state index contributed by atoms with van der Waals surface area (Å²) in [6, 6.07) is 4.57. The van der Waals surface area contributed by atoms with Gasteiger partial charge in [-0.1, -0.05) is 32.3 Å². The molecule has 3 rings (SSSR count). The summed E-state index contributed by atoms with van der Waals surface area (Å²) in [6.07, 6.45) is 4.13. The van der Waals surface area contributed by atoms with Gasteiger partial charge in [-0.15, -0.1) is 0 Å². The molecule has 0 aliphatic carbocycles. The van der Waals surface area contributed by atoms with Gasteiger partial charge in [-0.2, -0.15) is 0 Å². The SMILES string of the molecule is CCCCC[C@H](C)NC(=O)CN1C(=O)N[C@](C)(c2ccc3c(c2)OCCO3)C1=O. The first-order chi connectivity index (χ1) is 13.8. The molecular formula is C21H29N3O5. The van der Waals surface area contributed by atoms with Crippen LogP contribution in [0.15, 0.2) is 18.2 Å². The minimum atomic E-state index is -1.26. The molecule has 0 saturated carbocycles. The third kappa shape index (κ3) is 4.46. The molecule has 0 aromatic heterocycles. The Hall–Kier alpha value is -2.77. The lowest BCUT2D eigenvalue weighted by molar-refractivity contribution is -0.135. The van der Waals surface area contributed by atoms with Crippen LogP contribution in [-0.2, 0) is 15.1 Å². The summed E-state index contributed by atoms with van der Waals surface area (Å²) in [5.74, 6) is 0.333. The van der Waals surface area contributed by atoms with Crippen LogP contribution >= 0.6 is 0 Å². The van der Waals surface area contributed by atoms with Crippen LogP contribution in [0.2, 0.25) is 0 Å². The molecule has 8 heteroatoms. The average molecular weight is 403 g/mol. The van der Waals surface area contributed by atoms with E-state index in [0.29, 0.717) is 30.3 Å². The summed E-state index contributed by atoms with van der Waals surface area (Å²) >= 11 is 0. The number of fused-ring (bicyclic) bond motifs is 1. The van der Waals surface area contributed by atoms with E-state index >= 15 is 0 Å². The Kier molecular flexibility index (Phi) is 6.30. The number of benzene rings is 1. The molecule has 4 amide bonds. The fourth-order valence-electron chi connectivity index (χ4n) is 3.63. The number of imide groups is 1. The number of hydrogen-bond acceptors (Lipinski definition) is 5. The Morgan fingerprint density at radius 2 is 1.97 bits per heavy atom. The largest absolute Gasteiger partial charge is 0.486 e. The van der Waals surface area contributed by atoms with Crippen LogP contribution in [0.4, 0.5) is 4.79 Å². The summed E-state index contributed by atoms with van der Waals surface area (Å²) in [4.78, 5) is 38.8. The second kappa shape index (κ2) is 8.71. The molecule has 1 aromatic carbocycles. The number of urea groups is 1. The number of ether oxygens (including phenoxy) is 2. The predicted molar refractivity (Wildman–Crippen MR) is 107 cm³/mol. The average Bonchev–Trinajstić information content (AvgIpc) is 2.91. The maximum absolute atomic E-state index is 13.0. The van der Waals surface area contributed by atoms with Crippen molar-refractivity contribution in [3.63, 3.8) is 0 Å². The third-order valence-electron chi connectivity index (χ3n) is 5.34. The van der Waals surface area contributed by atoms with Gasteiger partial charge in [0.05, 0.1) is 0 Å². The van der Waals surface area contributed by atoms with Gasteiger partial charge in [-0.25, -0.2) is 4.79 Å². The zero-order chi connectivity index (χ0) is 21.0. The molecule has 0 radical (unpaired) electrons. The van der Waals surface area contributed by atoms with Gasteiger partial charge in [0.15, 0.2) is 11.5 Å². The minimum Gasteiger partial charge on any atom is -0.486 e. The number of carbonyl (C=O) groups excluding carboxylic acids is 3. The van der Waals surface area contributed by atoms with Crippen LogP contribution in [0.1, 0.15) is 52.0 Å². The van der Waals surface area contributed by atoms with Crippen molar-refractivity contribution in [1.29, 1.82) is 0 Å². The van der Waals surface area contributed by atoms with E-state index in [9.17, 15) is 14.4 Å². The second-order valence-electron chi connectivity index (χ2n) is 7.77. The van der Waals surface area contributed by atoms with E-state index in [1.807, 2.05) is 6.92 Å². The molecule has 158 valence electrons. The quantitative estimate of drug-likeness (QED) is 0.513. The van der Waals surface area contributed by atoms with Crippen LogP contribution in [0.5, 0.6) is 11.5 Å². The number of amides is 4. The smallest absolute Gasteiger partial charge is 0.325 e. The van der Waals surface area contributed by atoms with Crippen molar-refractivity contribution in [2.24, 2.45) is 0 Å². The normalized spacial score (nSPS) is 21.7. The van der Waals surface area contributed by atoms with Gasteiger partial charge in [0, 0.05) is 6.04 Å². The minimum absolute atomic E-state index is 0.000931. The van der Waals surface area contributed by atoms with Gasteiger partial charge in [-0.05, 0) is 38.0 Å². The van der Waals surface area contributed by atoms with Crippen molar-refractivity contribution in [1.82, 2.24) is 15.5 Å². The lowest BCUT2D eigenvalue weighted by Crippen LogP contribution is -2.45. The Labute approximate surface area is 170 Å². The monoisotopic (exact) mass is 403 g/mol. The first-order valence-electron chi connectivity index (χ1n) is 10.2. The molecule has 2 N–H and O–H groups in total. The lowest BCUT2D eigenvalue weighted by atomic mass is 9.91. The molecule has 1 fully saturated rings. The van der Waals surface area contributed by atoms with Crippen LogP contribution in [0.3, 0.4) is 0 Å². The maximum atomic E-state index is 13.0. The molecular weight excluding hydrogens is 374 g/mol. The standard InChI is InChI=1S/C21H29N3O5/c1-4-5-6-7-14(2)22-18(25)13-24-19(26)21(3,23-20(24)27)15-8-9-16-17(12-15)29-11-10-28-16/h8-9,12,14H,4-7,10-11,13H2,1-3H3,(H,22,25)(H,23,27)/t14-,21+/m0/s1. The predicted octanol–water partition coefficient (Wildman–Crippen LogP) is 2.31. The van der Waals surface area contributed by atoms with Crippen LogP contribution < -0.4 is 20.1 Å². The Morgan fingerprint density at radius 1 is 1.24 bits per heavy atom. The van der Waals surface area contributed by atoms with E-state index in [1.165, 1.54) is 0 Å². The molecule has 2 aliphatic heterocycles. The fraction of sp³-hybridized carbons (Fsp3) is 0.571. The highest BCUT2D eigenvalue weighted by Crippen LogP contribution is 2.36. The van der Waals surface area contributed by atoms with E-state index < -0.39 is 17.5 Å². The Bertz CT molecular complexity index is 797. The molecule has 29 heavy (non-hydrogen) atoms. The van der Waals surface area contributed by atoms with Crippen molar-refractivity contribution in [3.8, 4) is 11.5 Å². The zero-order valence-electron chi connectivity index (χ0n) is 17.2. The van der Waals surface area contributed by atoms with Gasteiger partial charge in [0.2, 0.25) is 5.91 Å². The lowest BCUT2D eigenvalue weighted by Gasteiger charge is -2.25. The summed E-state index contributed by atoms with van der Waals surface area (Å²) in [5, 5.41) is 5.58. The number of carbonyl (C=O) groups is 3. The van der Waals surface area contributed by atoms with E-state index in [4.69, 9.17) is 9.47 Å². The molecule has 0 bridgehead atoms. The van der Waals surface area contributed by atoms with Gasteiger partial charge in [0.25, 0.3) is 5.91 Å². The topological polar surface area (TPSA) is 97.0 Å². The molecule has 2 aliphatic rings. The van der Waals surface area contributed by atoms with E-state index in [-0.39, 0.29) is 18.5 Å². The molecule has 2 heterocycles. The molecule has 2 atom stereocenters. The summed E-state index contributed by atoms with van der Waals surface area (Å²) in [5.41, 5.74) is -0.684. The zero-order valence-corrected chi connectivity index (χ0v) is 17.2. The number of nitrogens with one attached hydrogen (secondary N) is 2. The van der Waals surface area contributed by atoms with Gasteiger partial charge in [-0.3, -0.25) is 14.5 Å². The van der Waals surface area contributed by atoms with Crippen LogP contribution in [-0.4, -0.2) is 48.5 Å². The van der Waals surface area contributed by atoms with E-state index in [2.05, 4.69) is 17.6 Å². The number of hydrogen-bond donors (Lipinski definition) is 2. The Morgan fingerprint density at radius 3 is 2.69 bits per heavy atom. The molecule has 0 unspecified atom stereocenters. The van der Waals surface area contributed by atoms with Crippen molar-refractivity contribution in [2.75, 3.05) is 19.8 Å². The summed E-state index contributed by atoms with van der Waals surface area (Å²) in [6.45, 7) is 6.28. The number of nitrogens with zero attached hydrogens (tertiary/aromatic N) is 1. The number of unbranched alkanes of at least 4 members (excludes halogenated alkanes) is 2. The number of rotatable bonds is 8. The highest BCUT2D eigenvalue weighted by Gasteiger charge is 2.49. The van der Waals surface area contributed by atoms with E-state index in [0.717, 1.165) is 30.6 Å². The summed E-state index contributed by atoms with van der Waals surface area (Å²) in [7, 11) is 0. The van der Waals surface area contributed by atoms with Crippen LogP contribution in [0.25, 0.3) is 0 Å². The molecule has 1 saturated heterocycles. The first kappa shape index (κ1) is 21.0. The van der Waals surface area contributed by atoms with E-state index in [1.54, 1.807) is 25.1 Å². The van der Waals surface area contributed by atoms with Crippen molar-refractivity contribution >= 4 is 17.8 Å². The second-order valence-corrected chi connectivity index (χ2v) is 7.77. The van der Waals surface area contributed by atoms with Crippen molar-refractivity contribution in [3.05, 3.63) is 23.8 Å². The Balaban J connectivity index is 1.66. The third-order valence-corrected chi connectivity index (χ3v) is 5.34. The molecule has 1 aromatic rings. The van der Waals surface area contributed by atoms with Gasteiger partial charge in [0.1, 0.15) is 25.3 Å². The van der Waals surface area contributed by atoms with Crippen LogP contribution in [0, 0.1) is 0 Å². The molecule has 8 nitrogen and oxygen atoms in total. The highest BCUT2D eigenvalue weighted by atomic mass is 16.6.